The number of amides is 1. The summed E-state index contributed by atoms with van der Waals surface area (Å²) in [6, 6.07) is 0. The second-order valence-electron chi connectivity index (χ2n) is 4.29. The summed E-state index contributed by atoms with van der Waals surface area (Å²) in [5.74, 6) is 0.0775. The molecule has 0 aromatic heterocycles. The first kappa shape index (κ1) is 12.5. The summed E-state index contributed by atoms with van der Waals surface area (Å²) in [5.41, 5.74) is 5.77. The number of nitrogens with one attached hydrogen (secondary N) is 1. The Morgan fingerprint density at radius 1 is 1.53 bits per heavy atom. The van der Waals surface area contributed by atoms with Crippen molar-refractivity contribution in [2.45, 2.75) is 44.6 Å². The van der Waals surface area contributed by atoms with Gasteiger partial charge in [-0.25, -0.2) is 0 Å². The second-order valence-corrected chi connectivity index (χ2v) is 4.29. The quantitative estimate of drug-likeness (QED) is 0.616. The van der Waals surface area contributed by atoms with Gasteiger partial charge >= 0.3 is 0 Å². The van der Waals surface area contributed by atoms with Crippen molar-refractivity contribution < 1.29 is 9.53 Å². The highest BCUT2D eigenvalue weighted by Crippen LogP contribution is 2.31. The second kappa shape index (κ2) is 6.08. The van der Waals surface area contributed by atoms with Crippen LogP contribution in [0, 0.1) is 0 Å². The number of hydrogen-bond acceptors (Lipinski definition) is 3. The van der Waals surface area contributed by atoms with Crippen molar-refractivity contribution in [3.05, 3.63) is 0 Å². The molecule has 4 heteroatoms. The van der Waals surface area contributed by atoms with E-state index in [0.29, 0.717) is 19.6 Å². The van der Waals surface area contributed by atoms with Crippen LogP contribution in [0.4, 0.5) is 0 Å². The van der Waals surface area contributed by atoms with Crippen LogP contribution in [0.25, 0.3) is 0 Å². The molecule has 0 heterocycles. The smallest absolute Gasteiger partial charge is 0.221 e. The molecule has 15 heavy (non-hydrogen) atoms. The van der Waals surface area contributed by atoms with Crippen LogP contribution in [0.3, 0.4) is 0 Å². The van der Waals surface area contributed by atoms with Crippen LogP contribution in [0.15, 0.2) is 0 Å². The third-order valence-electron chi connectivity index (χ3n) is 2.85. The molecule has 0 spiro atoms. The molecule has 1 aliphatic rings. The molecule has 0 saturated heterocycles. The van der Waals surface area contributed by atoms with E-state index in [2.05, 4.69) is 5.32 Å². The standard InChI is InChI=1S/C11H22N2O2/c1-2-15-8-4-7-13-10(14)9-11(12)5-3-6-11/h2-9,12H2,1H3,(H,13,14). The van der Waals surface area contributed by atoms with E-state index in [1.54, 1.807) is 0 Å². The van der Waals surface area contributed by atoms with Gasteiger partial charge in [0.1, 0.15) is 0 Å². The lowest BCUT2D eigenvalue weighted by molar-refractivity contribution is -0.123. The molecule has 0 atom stereocenters. The van der Waals surface area contributed by atoms with Crippen LogP contribution >= 0.6 is 0 Å². The van der Waals surface area contributed by atoms with Crippen LogP contribution in [0.1, 0.15) is 39.0 Å². The molecule has 0 unspecified atom stereocenters. The molecule has 0 aromatic carbocycles. The molecule has 3 N–H and O–H groups in total. The number of rotatable bonds is 7. The van der Waals surface area contributed by atoms with E-state index in [-0.39, 0.29) is 11.4 Å². The number of ether oxygens (including phenoxy) is 1. The van der Waals surface area contributed by atoms with E-state index in [1.165, 1.54) is 0 Å². The maximum absolute atomic E-state index is 11.5. The number of carbonyl (C=O) groups excluding carboxylic acids is 1. The van der Waals surface area contributed by atoms with Crippen molar-refractivity contribution in [3.8, 4) is 0 Å². The van der Waals surface area contributed by atoms with Crippen molar-refractivity contribution in [3.63, 3.8) is 0 Å². The Balaban J connectivity index is 1.98. The maximum atomic E-state index is 11.5. The van der Waals surface area contributed by atoms with E-state index in [9.17, 15) is 4.79 Å². The van der Waals surface area contributed by atoms with Gasteiger partial charge in [-0.2, -0.15) is 0 Å². The van der Waals surface area contributed by atoms with Crippen LogP contribution in [0.5, 0.6) is 0 Å². The van der Waals surface area contributed by atoms with Gasteiger partial charge < -0.3 is 15.8 Å². The Kier molecular flexibility index (Phi) is 5.05. The third kappa shape index (κ3) is 4.62. The molecule has 1 aliphatic carbocycles. The average molecular weight is 214 g/mol. The molecule has 88 valence electrons. The lowest BCUT2D eigenvalue weighted by atomic mass is 9.75. The highest BCUT2D eigenvalue weighted by Gasteiger charge is 2.34. The lowest BCUT2D eigenvalue weighted by Crippen LogP contribution is -2.50. The molecule has 1 saturated carbocycles. The Morgan fingerprint density at radius 2 is 2.27 bits per heavy atom. The molecule has 0 bridgehead atoms. The predicted octanol–water partition coefficient (Wildman–Crippen LogP) is 0.801. The Bertz CT molecular complexity index is 203. The lowest BCUT2D eigenvalue weighted by Gasteiger charge is -2.37. The Hall–Kier alpha value is -0.610. The van der Waals surface area contributed by atoms with Crippen molar-refractivity contribution in [2.24, 2.45) is 5.73 Å². The van der Waals surface area contributed by atoms with Crippen LogP contribution < -0.4 is 11.1 Å². The molecule has 0 aliphatic heterocycles. The van der Waals surface area contributed by atoms with Crippen LogP contribution in [-0.4, -0.2) is 31.2 Å². The number of carbonyl (C=O) groups is 1. The summed E-state index contributed by atoms with van der Waals surface area (Å²) in [7, 11) is 0. The minimum atomic E-state index is -0.204. The first-order chi connectivity index (χ1) is 7.16. The molecule has 0 radical (unpaired) electrons. The van der Waals surface area contributed by atoms with Gasteiger partial charge in [0, 0.05) is 31.7 Å². The van der Waals surface area contributed by atoms with Crippen LogP contribution in [0.2, 0.25) is 0 Å². The fraction of sp³-hybridized carbons (Fsp3) is 0.909. The summed E-state index contributed by atoms with van der Waals surface area (Å²) >= 11 is 0. The van der Waals surface area contributed by atoms with Gasteiger partial charge in [0.2, 0.25) is 5.91 Å². The zero-order valence-electron chi connectivity index (χ0n) is 9.55. The first-order valence-corrected chi connectivity index (χ1v) is 5.80. The molecule has 0 aromatic rings. The largest absolute Gasteiger partial charge is 0.382 e. The molecule has 1 fully saturated rings. The molecule has 1 rings (SSSR count). The highest BCUT2D eigenvalue weighted by atomic mass is 16.5. The number of hydrogen-bond donors (Lipinski definition) is 2. The summed E-state index contributed by atoms with van der Waals surface area (Å²) in [4.78, 5) is 11.5. The van der Waals surface area contributed by atoms with Gasteiger partial charge in [-0.15, -0.1) is 0 Å². The average Bonchev–Trinajstić information content (AvgIpc) is 2.15. The summed E-state index contributed by atoms with van der Waals surface area (Å²) in [6.45, 7) is 4.10. The molecular formula is C11H22N2O2. The van der Waals surface area contributed by atoms with E-state index in [4.69, 9.17) is 10.5 Å². The summed E-state index contributed by atoms with van der Waals surface area (Å²) in [6.07, 6.45) is 4.48. The fourth-order valence-electron chi connectivity index (χ4n) is 1.74. The van der Waals surface area contributed by atoms with Crippen LogP contribution in [-0.2, 0) is 9.53 Å². The van der Waals surface area contributed by atoms with Gasteiger partial charge in [0.15, 0.2) is 0 Å². The SMILES string of the molecule is CCOCCCNC(=O)CC1(N)CCC1. The van der Waals surface area contributed by atoms with E-state index in [0.717, 1.165) is 32.3 Å². The Morgan fingerprint density at radius 3 is 2.80 bits per heavy atom. The van der Waals surface area contributed by atoms with Crippen molar-refractivity contribution in [2.75, 3.05) is 19.8 Å². The monoisotopic (exact) mass is 214 g/mol. The van der Waals surface area contributed by atoms with Crippen molar-refractivity contribution >= 4 is 5.91 Å². The van der Waals surface area contributed by atoms with Gasteiger partial charge in [-0.05, 0) is 32.6 Å². The summed E-state index contributed by atoms with van der Waals surface area (Å²) in [5, 5.41) is 2.87. The zero-order chi connectivity index (χ0) is 11.1. The normalized spacial score (nSPS) is 18.3. The first-order valence-electron chi connectivity index (χ1n) is 5.80. The topological polar surface area (TPSA) is 64.3 Å². The van der Waals surface area contributed by atoms with E-state index >= 15 is 0 Å². The zero-order valence-corrected chi connectivity index (χ0v) is 9.55. The van der Waals surface area contributed by atoms with Crippen molar-refractivity contribution in [1.82, 2.24) is 5.32 Å². The van der Waals surface area contributed by atoms with Gasteiger partial charge in [0.05, 0.1) is 0 Å². The molecular weight excluding hydrogens is 192 g/mol. The van der Waals surface area contributed by atoms with E-state index < -0.39 is 0 Å². The van der Waals surface area contributed by atoms with Crippen molar-refractivity contribution in [1.29, 1.82) is 0 Å². The summed E-state index contributed by atoms with van der Waals surface area (Å²) < 4.78 is 5.17. The Labute approximate surface area is 91.5 Å². The number of nitrogens with two attached hydrogens (primary N) is 1. The maximum Gasteiger partial charge on any atom is 0.221 e. The van der Waals surface area contributed by atoms with Gasteiger partial charge in [0.25, 0.3) is 0 Å². The van der Waals surface area contributed by atoms with Gasteiger partial charge in [-0.3, -0.25) is 4.79 Å². The molecule has 4 nitrogen and oxygen atoms in total. The minimum absolute atomic E-state index is 0.0775. The molecule has 1 amide bonds. The van der Waals surface area contributed by atoms with E-state index in [1.807, 2.05) is 6.92 Å². The fourth-order valence-corrected chi connectivity index (χ4v) is 1.74. The highest BCUT2D eigenvalue weighted by molar-refractivity contribution is 5.77. The minimum Gasteiger partial charge on any atom is -0.382 e. The van der Waals surface area contributed by atoms with Gasteiger partial charge in [-0.1, -0.05) is 0 Å². The third-order valence-corrected chi connectivity index (χ3v) is 2.85. The predicted molar refractivity (Wildman–Crippen MR) is 59.5 cm³/mol.